The zero-order valence-corrected chi connectivity index (χ0v) is 22.1. The summed E-state index contributed by atoms with van der Waals surface area (Å²) in [6.07, 6.45) is 5.39. The summed E-state index contributed by atoms with van der Waals surface area (Å²) in [7, 11) is 3.07. The first-order valence-corrected chi connectivity index (χ1v) is 12.1. The zero-order chi connectivity index (χ0) is 27.5. The molecule has 3 rings (SSSR count). The molecule has 9 nitrogen and oxygen atoms in total. The van der Waals surface area contributed by atoms with Gasteiger partial charge >= 0.3 is 11.7 Å². The van der Waals surface area contributed by atoms with Gasteiger partial charge in [-0.05, 0) is 25.5 Å². The lowest BCUT2D eigenvalue weighted by Gasteiger charge is -2.36. The average Bonchev–Trinajstić information content (AvgIpc) is 2.90. The summed E-state index contributed by atoms with van der Waals surface area (Å²) in [5.41, 5.74) is 1.91. The maximum absolute atomic E-state index is 14.0. The van der Waals surface area contributed by atoms with Crippen molar-refractivity contribution in [3.8, 4) is 5.75 Å². The first-order chi connectivity index (χ1) is 17.8. The van der Waals surface area contributed by atoms with Crippen LogP contribution in [-0.4, -0.2) is 42.4 Å². The number of aliphatic imine (C=N–C) groups is 1. The van der Waals surface area contributed by atoms with Crippen LogP contribution in [0.4, 0.5) is 26.2 Å². The Kier molecular flexibility index (Phi) is 10.8. The number of unbranched alkanes of at least 4 members (excludes halogenated alkanes) is 1. The predicted octanol–water partition coefficient (Wildman–Crippen LogP) is 6.74. The number of hydrogen-bond donors (Lipinski definition) is 1. The molecule has 0 bridgehead atoms. The van der Waals surface area contributed by atoms with Crippen LogP contribution in [0.5, 0.6) is 5.75 Å². The van der Waals surface area contributed by atoms with Crippen molar-refractivity contribution in [3.63, 3.8) is 0 Å². The number of amidine groups is 1. The minimum Gasteiger partial charge on any atom is -0.494 e. The molecule has 1 aliphatic rings. The zero-order valence-electron chi connectivity index (χ0n) is 22.1. The fourth-order valence-corrected chi connectivity index (χ4v) is 3.64. The molecule has 1 heterocycles. The highest BCUT2D eigenvalue weighted by molar-refractivity contribution is 5.97. The first-order valence-electron chi connectivity index (χ1n) is 12.1. The van der Waals surface area contributed by atoms with Crippen molar-refractivity contribution in [3.05, 3.63) is 81.9 Å². The number of ether oxygens (including phenoxy) is 1. The van der Waals surface area contributed by atoms with E-state index in [1.165, 1.54) is 7.11 Å². The summed E-state index contributed by atoms with van der Waals surface area (Å²) in [5, 5.41) is 14.1. The molecule has 1 fully saturated rings. The predicted molar refractivity (Wildman–Crippen MR) is 146 cm³/mol. The largest absolute Gasteiger partial charge is 0.494 e. The Morgan fingerprint density at radius 2 is 1.95 bits per heavy atom. The van der Waals surface area contributed by atoms with Gasteiger partial charge in [0.25, 0.3) is 0 Å². The molecule has 10 heteroatoms. The van der Waals surface area contributed by atoms with E-state index in [0.717, 1.165) is 41.9 Å². The van der Waals surface area contributed by atoms with Crippen molar-refractivity contribution in [2.24, 2.45) is 4.99 Å². The molecule has 2 amide bonds. The molecule has 0 aliphatic carbocycles. The number of para-hydroxylation sites is 1. The van der Waals surface area contributed by atoms with Gasteiger partial charge in [0.05, 0.1) is 24.3 Å². The number of methoxy groups -OCH3 is 1. The van der Waals surface area contributed by atoms with Gasteiger partial charge in [-0.15, -0.1) is 0 Å². The Morgan fingerprint density at radius 1 is 1.27 bits per heavy atom. The van der Waals surface area contributed by atoms with Gasteiger partial charge in [0.2, 0.25) is 5.82 Å². The number of nitrogens with one attached hydrogen (secondary N) is 1. The number of urea groups is 1. The molecule has 0 atom stereocenters. The lowest BCUT2D eigenvalue weighted by Crippen LogP contribution is -2.47. The van der Waals surface area contributed by atoms with Gasteiger partial charge < -0.3 is 10.1 Å². The summed E-state index contributed by atoms with van der Waals surface area (Å²) in [5.74, 6) is -0.481. The number of nitro benzene ring substituents is 1. The van der Waals surface area contributed by atoms with Crippen LogP contribution >= 0.6 is 0 Å². The van der Waals surface area contributed by atoms with Crippen molar-refractivity contribution in [1.82, 2.24) is 4.90 Å². The minimum atomic E-state index is -0.990. The van der Waals surface area contributed by atoms with Crippen LogP contribution in [0.1, 0.15) is 40.5 Å². The standard InChI is InChI=1S/C25H28FN5O4.C2H6/c1-5-6-12-22-18(16-30(25(32)29(22)3)19-10-8-7-9-11-19)15-27-17(2)28-21-14-23(31(33)34)20(26)13-24(21)35-4;1-2/h7-15H,5-6,16H2,1-4H3,(H,27,28);1-2H3/b18-15-,22-12-;. The number of carbonyl (C=O) groups excluding carboxylic acids is 1. The second-order valence-electron chi connectivity index (χ2n) is 7.90. The van der Waals surface area contributed by atoms with Crippen LogP contribution in [0.3, 0.4) is 0 Å². The fourth-order valence-electron chi connectivity index (χ4n) is 3.64. The van der Waals surface area contributed by atoms with Crippen molar-refractivity contribution in [1.29, 1.82) is 0 Å². The molecule has 0 saturated carbocycles. The highest BCUT2D eigenvalue weighted by atomic mass is 19.1. The molecule has 2 aromatic carbocycles. The molecule has 0 spiro atoms. The van der Waals surface area contributed by atoms with Crippen LogP contribution in [0, 0.1) is 15.9 Å². The first kappa shape index (κ1) is 29.0. The van der Waals surface area contributed by atoms with Gasteiger partial charge in [-0.3, -0.25) is 19.9 Å². The number of hydrogen-bond acceptors (Lipinski definition) is 5. The summed E-state index contributed by atoms with van der Waals surface area (Å²) in [4.78, 5) is 31.1. The smallest absolute Gasteiger partial charge is 0.329 e. The molecule has 0 radical (unpaired) electrons. The van der Waals surface area contributed by atoms with Crippen LogP contribution in [0.25, 0.3) is 0 Å². The van der Waals surface area contributed by atoms with Crippen LogP contribution in [-0.2, 0) is 0 Å². The van der Waals surface area contributed by atoms with Crippen LogP contribution in [0.15, 0.2) is 71.0 Å². The van der Waals surface area contributed by atoms with E-state index in [-0.39, 0.29) is 17.5 Å². The average molecular weight is 512 g/mol. The van der Waals surface area contributed by atoms with E-state index in [0.29, 0.717) is 12.4 Å². The molecule has 0 unspecified atom stereocenters. The summed E-state index contributed by atoms with van der Waals surface area (Å²) >= 11 is 0. The number of likely N-dealkylation sites (N-methyl/N-ethyl adjacent to an activating group) is 1. The molecular formula is C27H34FN5O4. The van der Waals surface area contributed by atoms with Crippen LogP contribution in [0.2, 0.25) is 0 Å². The Labute approximate surface area is 217 Å². The number of rotatable bonds is 7. The maximum atomic E-state index is 14.0. The molecule has 1 N–H and O–H groups in total. The van der Waals surface area contributed by atoms with Gasteiger partial charge in [0.1, 0.15) is 11.6 Å². The monoisotopic (exact) mass is 511 g/mol. The molecular weight excluding hydrogens is 477 g/mol. The number of amides is 2. The number of benzene rings is 2. The van der Waals surface area contributed by atoms with Gasteiger partial charge in [0.15, 0.2) is 0 Å². The van der Waals surface area contributed by atoms with Gasteiger partial charge in [0, 0.05) is 42.3 Å². The van der Waals surface area contributed by atoms with Gasteiger partial charge in [-0.2, -0.15) is 4.39 Å². The van der Waals surface area contributed by atoms with Gasteiger partial charge in [-0.25, -0.2) is 9.79 Å². The summed E-state index contributed by atoms with van der Waals surface area (Å²) in [6.45, 7) is 8.06. The Morgan fingerprint density at radius 3 is 2.54 bits per heavy atom. The lowest BCUT2D eigenvalue weighted by molar-refractivity contribution is -0.387. The molecule has 1 saturated heterocycles. The third kappa shape index (κ3) is 7.16. The van der Waals surface area contributed by atoms with E-state index in [9.17, 15) is 19.3 Å². The van der Waals surface area contributed by atoms with E-state index in [2.05, 4.69) is 17.2 Å². The normalized spacial score (nSPS) is 16.0. The molecule has 2 aromatic rings. The number of halogens is 1. The second-order valence-corrected chi connectivity index (χ2v) is 7.90. The minimum absolute atomic E-state index is 0.108. The van der Waals surface area contributed by atoms with Crippen molar-refractivity contribution in [2.75, 3.05) is 30.9 Å². The fraction of sp³-hybridized carbons (Fsp3) is 0.333. The van der Waals surface area contributed by atoms with E-state index in [4.69, 9.17) is 4.74 Å². The molecule has 1 aliphatic heterocycles. The summed E-state index contributed by atoms with van der Waals surface area (Å²) in [6, 6.07) is 11.2. The molecule has 37 heavy (non-hydrogen) atoms. The molecule has 0 aromatic heterocycles. The van der Waals surface area contributed by atoms with E-state index >= 15 is 0 Å². The third-order valence-electron chi connectivity index (χ3n) is 5.43. The van der Waals surface area contributed by atoms with Crippen molar-refractivity contribution >= 4 is 28.9 Å². The van der Waals surface area contributed by atoms with Crippen LogP contribution < -0.4 is 15.0 Å². The van der Waals surface area contributed by atoms with E-state index in [1.807, 2.05) is 50.3 Å². The number of carbonyl (C=O) groups is 1. The SMILES string of the molecule is CC.CCC/C=C1/C(=C\N=C(C)Nc2cc([N+](=O)[O-])c(F)cc2OC)CN(c2ccccc2)C(=O)N1C. The molecule has 198 valence electrons. The maximum Gasteiger partial charge on any atom is 0.329 e. The summed E-state index contributed by atoms with van der Waals surface area (Å²) < 4.78 is 19.1. The third-order valence-corrected chi connectivity index (χ3v) is 5.43. The Bertz CT molecular complexity index is 1190. The Hall–Kier alpha value is -4.21. The highest BCUT2D eigenvalue weighted by Gasteiger charge is 2.30. The highest BCUT2D eigenvalue weighted by Crippen LogP contribution is 2.32. The van der Waals surface area contributed by atoms with Crippen molar-refractivity contribution < 1.29 is 18.8 Å². The number of nitrogens with zero attached hydrogens (tertiary/aromatic N) is 4. The lowest BCUT2D eigenvalue weighted by atomic mass is 10.1. The van der Waals surface area contributed by atoms with E-state index < -0.39 is 16.4 Å². The Balaban J connectivity index is 0.00000235. The quantitative estimate of drug-likeness (QED) is 0.192. The number of nitro groups is 1. The topological polar surface area (TPSA) is 100 Å². The van der Waals surface area contributed by atoms with Crippen molar-refractivity contribution in [2.45, 2.75) is 40.5 Å². The van der Waals surface area contributed by atoms with Gasteiger partial charge in [-0.1, -0.05) is 51.5 Å². The number of allylic oxidation sites excluding steroid dienone is 1. The number of anilines is 2. The van der Waals surface area contributed by atoms with E-state index in [1.54, 1.807) is 30.0 Å². The second kappa shape index (κ2) is 13.8.